The highest BCUT2D eigenvalue weighted by Gasteiger charge is 2.54. The van der Waals surface area contributed by atoms with Crippen LogP contribution in [-0.2, 0) is 5.41 Å². The number of aryl methyl sites for hydroxylation is 1. The number of ether oxygens (including phenoxy) is 1. The molecular weight excluding hydrogens is 528 g/mol. The number of anilines is 5. The van der Waals surface area contributed by atoms with Gasteiger partial charge in [-0.3, -0.25) is 15.1 Å². The zero-order valence-electron chi connectivity index (χ0n) is 23.4. The van der Waals surface area contributed by atoms with Gasteiger partial charge in [0, 0.05) is 55.1 Å². The molecule has 41 heavy (non-hydrogen) atoms. The van der Waals surface area contributed by atoms with Gasteiger partial charge in [-0.2, -0.15) is 4.98 Å². The lowest BCUT2D eigenvalue weighted by atomic mass is 10.0. The standard InChI is InChI=1S/C28H32N8O5/c1-16-5-6-20-24(30-16)28(8-9-28)15-35(20)25-18(26(37)38)13-29-27(32-25)31-19-11-22(36(39)40)21(12-23(19)41-4)34-10-7-17(14-34)33(2)3/h5-6,11-13,17H,7-10,14-15H2,1-4H3,(H,37,38)(H,29,31,32)/t17-/m1/s1. The van der Waals surface area contributed by atoms with E-state index in [2.05, 4.69) is 20.2 Å². The van der Waals surface area contributed by atoms with Gasteiger partial charge < -0.3 is 29.9 Å². The Morgan fingerprint density at radius 2 is 2.02 bits per heavy atom. The molecule has 2 aliphatic heterocycles. The Morgan fingerprint density at radius 1 is 1.24 bits per heavy atom. The topological polar surface area (TPSA) is 150 Å². The van der Waals surface area contributed by atoms with Crippen molar-refractivity contribution in [2.45, 2.75) is 37.6 Å². The van der Waals surface area contributed by atoms with E-state index in [1.165, 1.54) is 19.4 Å². The van der Waals surface area contributed by atoms with Crippen LogP contribution in [0, 0.1) is 17.0 Å². The van der Waals surface area contributed by atoms with Gasteiger partial charge in [-0.25, -0.2) is 9.78 Å². The van der Waals surface area contributed by atoms with Crippen LogP contribution in [0.15, 0.2) is 30.5 Å². The van der Waals surface area contributed by atoms with Crippen molar-refractivity contribution >= 4 is 40.5 Å². The summed E-state index contributed by atoms with van der Waals surface area (Å²) in [5, 5.41) is 25.2. The summed E-state index contributed by atoms with van der Waals surface area (Å²) in [4.78, 5) is 43.6. The number of likely N-dealkylation sites (N-methyl/N-ethyl adjacent to an activating group) is 1. The van der Waals surface area contributed by atoms with Crippen LogP contribution in [0.1, 0.15) is 41.0 Å². The number of nitro groups is 1. The predicted molar refractivity (Wildman–Crippen MR) is 153 cm³/mol. The first-order chi connectivity index (χ1) is 19.6. The second-order valence-corrected chi connectivity index (χ2v) is 11.2. The van der Waals surface area contributed by atoms with Crippen LogP contribution < -0.4 is 19.9 Å². The summed E-state index contributed by atoms with van der Waals surface area (Å²) in [6.07, 6.45) is 4.11. The van der Waals surface area contributed by atoms with Gasteiger partial charge in [0.05, 0.1) is 29.1 Å². The Bertz CT molecular complexity index is 1560. The van der Waals surface area contributed by atoms with E-state index in [-0.39, 0.29) is 28.4 Å². The Kier molecular flexibility index (Phi) is 6.40. The number of rotatable bonds is 8. The molecule has 0 bridgehead atoms. The number of nitrogens with one attached hydrogen (secondary N) is 1. The first-order valence-electron chi connectivity index (χ1n) is 13.5. The van der Waals surface area contributed by atoms with Gasteiger partial charge in [0.25, 0.3) is 5.69 Å². The summed E-state index contributed by atoms with van der Waals surface area (Å²) in [5.41, 5.74) is 3.28. The number of hydrogen-bond donors (Lipinski definition) is 2. The summed E-state index contributed by atoms with van der Waals surface area (Å²) < 4.78 is 5.62. The lowest BCUT2D eigenvalue weighted by Crippen LogP contribution is -2.31. The third-order valence-corrected chi connectivity index (χ3v) is 8.35. The SMILES string of the molecule is COc1cc(N2CC[C@@H](N(C)C)C2)c([N+](=O)[O-])cc1Nc1ncc(C(=O)O)c(N2CC3(CC3)c3nc(C)ccc32)n1. The fourth-order valence-corrected chi connectivity index (χ4v) is 5.87. The van der Waals surface area contributed by atoms with Gasteiger partial charge in [0.15, 0.2) is 5.82 Å². The van der Waals surface area contributed by atoms with E-state index in [1.54, 1.807) is 6.07 Å². The minimum Gasteiger partial charge on any atom is -0.494 e. The zero-order chi connectivity index (χ0) is 29.1. The molecule has 0 unspecified atom stereocenters. The van der Waals surface area contributed by atoms with Crippen molar-refractivity contribution in [3.63, 3.8) is 0 Å². The van der Waals surface area contributed by atoms with Crippen LogP contribution in [0.4, 0.5) is 34.5 Å². The van der Waals surface area contributed by atoms with Crippen molar-refractivity contribution in [1.82, 2.24) is 19.9 Å². The second-order valence-electron chi connectivity index (χ2n) is 11.2. The molecule has 214 valence electrons. The summed E-state index contributed by atoms with van der Waals surface area (Å²) >= 11 is 0. The largest absolute Gasteiger partial charge is 0.494 e. The first-order valence-corrected chi connectivity index (χ1v) is 13.5. The van der Waals surface area contributed by atoms with Gasteiger partial charge in [-0.05, 0) is 52.4 Å². The number of aromatic nitrogens is 3. The van der Waals surface area contributed by atoms with Gasteiger partial charge in [0.1, 0.15) is 17.0 Å². The van der Waals surface area contributed by atoms with E-state index >= 15 is 0 Å². The zero-order valence-corrected chi connectivity index (χ0v) is 23.4. The first kappa shape index (κ1) is 26.7. The minimum absolute atomic E-state index is 0.0439. The van der Waals surface area contributed by atoms with Crippen LogP contribution in [0.2, 0.25) is 0 Å². The number of fused-ring (bicyclic) bond motifs is 2. The molecular formula is C28H32N8O5. The number of pyridine rings is 1. The number of aromatic carboxylic acids is 1. The van der Waals surface area contributed by atoms with Gasteiger partial charge in [0.2, 0.25) is 5.95 Å². The van der Waals surface area contributed by atoms with Crippen LogP contribution in [0.5, 0.6) is 5.75 Å². The molecule has 6 rings (SSSR count). The van der Waals surface area contributed by atoms with Crippen molar-refractivity contribution in [2.24, 2.45) is 0 Å². The lowest BCUT2D eigenvalue weighted by molar-refractivity contribution is -0.384. The quantitative estimate of drug-likeness (QED) is 0.304. The van der Waals surface area contributed by atoms with E-state index in [1.807, 2.05) is 43.0 Å². The molecule has 2 N–H and O–H groups in total. The van der Waals surface area contributed by atoms with Crippen molar-refractivity contribution in [2.75, 3.05) is 56.0 Å². The molecule has 3 aliphatic rings. The third-order valence-electron chi connectivity index (χ3n) is 8.35. The summed E-state index contributed by atoms with van der Waals surface area (Å²) in [6.45, 7) is 3.87. The second kappa shape index (κ2) is 9.84. The van der Waals surface area contributed by atoms with Crippen LogP contribution >= 0.6 is 0 Å². The van der Waals surface area contributed by atoms with Crippen molar-refractivity contribution in [3.05, 3.63) is 57.5 Å². The lowest BCUT2D eigenvalue weighted by Gasteiger charge is -2.23. The number of hydrogen-bond acceptors (Lipinski definition) is 11. The summed E-state index contributed by atoms with van der Waals surface area (Å²) in [6, 6.07) is 7.23. The van der Waals surface area contributed by atoms with E-state index < -0.39 is 10.9 Å². The van der Waals surface area contributed by atoms with E-state index in [9.17, 15) is 20.0 Å². The summed E-state index contributed by atoms with van der Waals surface area (Å²) in [7, 11) is 5.50. The summed E-state index contributed by atoms with van der Waals surface area (Å²) in [5.74, 6) is -0.432. The predicted octanol–water partition coefficient (Wildman–Crippen LogP) is 3.86. The highest BCUT2D eigenvalue weighted by atomic mass is 16.6. The highest BCUT2D eigenvalue weighted by Crippen LogP contribution is 2.57. The Balaban J connectivity index is 1.37. The van der Waals surface area contributed by atoms with Gasteiger partial charge >= 0.3 is 5.97 Å². The molecule has 1 atom stereocenters. The Morgan fingerprint density at radius 3 is 2.66 bits per heavy atom. The molecule has 1 aromatic carbocycles. The van der Waals surface area contributed by atoms with Crippen molar-refractivity contribution in [1.29, 1.82) is 0 Å². The molecule has 2 aromatic heterocycles. The number of benzene rings is 1. The fraction of sp³-hybridized carbons (Fsp3) is 0.429. The van der Waals surface area contributed by atoms with Crippen LogP contribution in [0.25, 0.3) is 0 Å². The molecule has 1 aliphatic carbocycles. The molecule has 2 fully saturated rings. The maximum absolute atomic E-state index is 12.2. The van der Waals surface area contributed by atoms with Crippen LogP contribution in [0.3, 0.4) is 0 Å². The van der Waals surface area contributed by atoms with E-state index in [4.69, 9.17) is 9.72 Å². The molecule has 4 heterocycles. The average molecular weight is 561 g/mol. The van der Waals surface area contributed by atoms with Crippen LogP contribution in [-0.4, -0.2) is 82.7 Å². The maximum Gasteiger partial charge on any atom is 0.341 e. The molecule has 1 spiro atoms. The molecule has 1 saturated carbocycles. The molecule has 13 heteroatoms. The number of methoxy groups -OCH3 is 1. The normalized spacial score (nSPS) is 18.6. The van der Waals surface area contributed by atoms with E-state index in [0.29, 0.717) is 42.8 Å². The number of nitro benzene ring substituents is 1. The van der Waals surface area contributed by atoms with Crippen molar-refractivity contribution in [3.8, 4) is 5.75 Å². The number of carbonyl (C=O) groups is 1. The Hall–Kier alpha value is -4.52. The monoisotopic (exact) mass is 560 g/mol. The molecule has 1 saturated heterocycles. The Labute approximate surface area is 236 Å². The highest BCUT2D eigenvalue weighted by molar-refractivity contribution is 5.95. The van der Waals surface area contributed by atoms with Gasteiger partial charge in [-0.1, -0.05) is 0 Å². The number of carboxylic acid groups (broad SMARTS) is 1. The average Bonchev–Trinajstić information content (AvgIpc) is 3.42. The molecule has 3 aromatic rings. The van der Waals surface area contributed by atoms with E-state index in [0.717, 1.165) is 36.3 Å². The minimum atomic E-state index is -1.15. The third kappa shape index (κ3) is 4.65. The molecule has 13 nitrogen and oxygen atoms in total. The number of nitrogens with zero attached hydrogens (tertiary/aromatic N) is 7. The molecule has 0 amide bonds. The van der Waals surface area contributed by atoms with Crippen molar-refractivity contribution < 1.29 is 19.6 Å². The van der Waals surface area contributed by atoms with Gasteiger partial charge in [-0.15, -0.1) is 0 Å². The maximum atomic E-state index is 12.2. The fourth-order valence-electron chi connectivity index (χ4n) is 5.87. The number of carboxylic acids is 1. The molecule has 0 radical (unpaired) electrons. The smallest absolute Gasteiger partial charge is 0.341 e.